The molecule has 0 bridgehead atoms. The van der Waals surface area contributed by atoms with Crippen molar-refractivity contribution in [2.45, 2.75) is 98.2 Å². The summed E-state index contributed by atoms with van der Waals surface area (Å²) in [6, 6.07) is 0. The summed E-state index contributed by atoms with van der Waals surface area (Å²) >= 11 is 0. The molecule has 0 aromatic rings. The maximum atomic E-state index is 6.25. The van der Waals surface area contributed by atoms with Crippen LogP contribution in [-0.2, 0) is 32.2 Å². The van der Waals surface area contributed by atoms with Crippen LogP contribution in [0.4, 0.5) is 0 Å². The van der Waals surface area contributed by atoms with Gasteiger partial charge in [-0.05, 0) is 40.0 Å². The average Bonchev–Trinajstić information content (AvgIpc) is 2.65. The first-order chi connectivity index (χ1) is 12.9. The smallest absolute Gasteiger partial charge is 0.374 e. The van der Waals surface area contributed by atoms with Gasteiger partial charge in [0.05, 0.1) is 25.4 Å². The Bertz CT molecular complexity index is 384. The maximum absolute atomic E-state index is 6.25. The van der Waals surface area contributed by atoms with E-state index in [9.17, 15) is 0 Å². The highest BCUT2D eigenvalue weighted by atomic mass is 28.4. The lowest BCUT2D eigenvalue weighted by molar-refractivity contribution is -0.438. The second kappa shape index (κ2) is 12.5. The number of hydrogen-bond acceptors (Lipinski definition) is 7. The van der Waals surface area contributed by atoms with Crippen molar-refractivity contribution >= 4 is 8.80 Å². The van der Waals surface area contributed by atoms with Crippen molar-refractivity contribution in [3.05, 3.63) is 0 Å². The third kappa shape index (κ3) is 8.06. The van der Waals surface area contributed by atoms with Crippen LogP contribution in [0.1, 0.15) is 67.2 Å². The van der Waals surface area contributed by atoms with Gasteiger partial charge in [-0.25, -0.2) is 0 Å². The molecule has 1 rings (SSSR count). The van der Waals surface area contributed by atoms with Gasteiger partial charge in [0.2, 0.25) is 0 Å². The quantitative estimate of drug-likeness (QED) is 0.317. The van der Waals surface area contributed by atoms with E-state index in [-0.39, 0.29) is 12.2 Å². The Balaban J connectivity index is 2.72. The summed E-state index contributed by atoms with van der Waals surface area (Å²) in [5.41, 5.74) is 0. The zero-order valence-corrected chi connectivity index (χ0v) is 19.2. The first-order valence-electron chi connectivity index (χ1n) is 10.4. The largest absolute Gasteiger partial charge is 0.497 e. The molecule has 3 atom stereocenters. The van der Waals surface area contributed by atoms with Gasteiger partial charge in [-0.2, -0.15) is 0 Å². The third-order valence-corrected chi connectivity index (χ3v) is 6.90. The minimum Gasteiger partial charge on any atom is -0.374 e. The molecule has 0 aromatic heterocycles. The highest BCUT2D eigenvalue weighted by Crippen LogP contribution is 2.28. The lowest BCUT2D eigenvalue weighted by atomic mass is 10.2. The molecule has 0 aliphatic carbocycles. The van der Waals surface area contributed by atoms with E-state index in [0.29, 0.717) is 39.3 Å². The zero-order valence-electron chi connectivity index (χ0n) is 18.2. The fraction of sp³-hybridized carbons (Fsp3) is 1.00. The van der Waals surface area contributed by atoms with E-state index in [2.05, 4.69) is 6.92 Å². The summed E-state index contributed by atoms with van der Waals surface area (Å²) in [6.07, 6.45) is 2.17. The van der Waals surface area contributed by atoms with Gasteiger partial charge in [-0.15, -0.1) is 0 Å². The summed E-state index contributed by atoms with van der Waals surface area (Å²) in [5, 5.41) is 0. The molecule has 0 radical (unpaired) electrons. The normalized spacial score (nSPS) is 21.0. The molecule has 8 heteroatoms. The van der Waals surface area contributed by atoms with E-state index >= 15 is 0 Å². The molecule has 162 valence electrons. The van der Waals surface area contributed by atoms with Crippen molar-refractivity contribution in [1.29, 1.82) is 0 Å². The van der Waals surface area contributed by atoms with E-state index in [1.165, 1.54) is 0 Å². The second-order valence-electron chi connectivity index (χ2n) is 6.68. The SMILES string of the molecule is CCO[Si](C)(OCC)OC(C)C(CC)OC(CC)OC1(CC)OCCCO1. The molecule has 0 N–H and O–H groups in total. The molecule has 0 saturated carbocycles. The van der Waals surface area contributed by atoms with E-state index in [1.807, 2.05) is 41.2 Å². The molecule has 1 fully saturated rings. The van der Waals surface area contributed by atoms with Crippen LogP contribution < -0.4 is 0 Å². The lowest BCUT2D eigenvalue weighted by Gasteiger charge is -2.39. The topological polar surface area (TPSA) is 64.6 Å². The lowest BCUT2D eigenvalue weighted by Crippen LogP contribution is -2.50. The molecular weight excluding hydrogens is 368 g/mol. The van der Waals surface area contributed by atoms with Crippen molar-refractivity contribution in [3.8, 4) is 0 Å². The van der Waals surface area contributed by atoms with Crippen LogP contribution in [0.25, 0.3) is 0 Å². The molecular formula is C19H40O7Si. The molecule has 0 spiro atoms. The van der Waals surface area contributed by atoms with Crippen LogP contribution in [-0.4, -0.2) is 59.7 Å². The number of ether oxygens (including phenoxy) is 4. The molecule has 1 aliphatic rings. The van der Waals surface area contributed by atoms with Gasteiger partial charge >= 0.3 is 8.80 Å². The van der Waals surface area contributed by atoms with Crippen molar-refractivity contribution in [1.82, 2.24) is 0 Å². The molecule has 1 aliphatic heterocycles. The Kier molecular flexibility index (Phi) is 11.6. The van der Waals surface area contributed by atoms with Crippen LogP contribution in [0.3, 0.4) is 0 Å². The summed E-state index contributed by atoms with van der Waals surface area (Å²) in [6.45, 7) is 16.3. The molecule has 3 unspecified atom stereocenters. The summed E-state index contributed by atoms with van der Waals surface area (Å²) < 4.78 is 41.7. The van der Waals surface area contributed by atoms with E-state index in [4.69, 9.17) is 32.2 Å². The average molecular weight is 409 g/mol. The molecule has 27 heavy (non-hydrogen) atoms. The minimum atomic E-state index is -2.69. The van der Waals surface area contributed by atoms with Gasteiger partial charge in [-0.3, -0.25) is 4.74 Å². The van der Waals surface area contributed by atoms with Crippen LogP contribution in [0.15, 0.2) is 0 Å². The highest BCUT2D eigenvalue weighted by Gasteiger charge is 2.40. The van der Waals surface area contributed by atoms with Crippen molar-refractivity contribution in [2.24, 2.45) is 0 Å². The first kappa shape index (κ1) is 25.0. The summed E-state index contributed by atoms with van der Waals surface area (Å²) in [5.74, 6) is -1.01. The highest BCUT2D eigenvalue weighted by molar-refractivity contribution is 6.59. The molecule has 1 saturated heterocycles. The predicted octanol–water partition coefficient (Wildman–Crippen LogP) is 4.08. The van der Waals surface area contributed by atoms with Crippen molar-refractivity contribution in [2.75, 3.05) is 26.4 Å². The Labute approximate surface area is 166 Å². The Morgan fingerprint density at radius 1 is 0.963 bits per heavy atom. The van der Waals surface area contributed by atoms with Crippen molar-refractivity contribution < 1.29 is 32.2 Å². The van der Waals surface area contributed by atoms with Gasteiger partial charge in [-0.1, -0.05) is 20.8 Å². The Hall–Kier alpha value is -0.0631. The van der Waals surface area contributed by atoms with Crippen molar-refractivity contribution in [3.63, 3.8) is 0 Å². The molecule has 1 heterocycles. The van der Waals surface area contributed by atoms with E-state index in [1.54, 1.807) is 0 Å². The predicted molar refractivity (Wildman–Crippen MR) is 105 cm³/mol. The van der Waals surface area contributed by atoms with Crippen LogP contribution >= 0.6 is 0 Å². The first-order valence-corrected chi connectivity index (χ1v) is 12.7. The standard InChI is InChI=1S/C19H40O7Si/c1-8-17(16(6)26-27(7,22-11-4)23-12-5)24-18(9-2)25-19(10-3)20-14-13-15-21-19/h16-18H,8-15H2,1-7H3. The fourth-order valence-electron chi connectivity index (χ4n) is 3.10. The fourth-order valence-corrected chi connectivity index (χ4v) is 5.20. The van der Waals surface area contributed by atoms with E-state index in [0.717, 1.165) is 12.8 Å². The van der Waals surface area contributed by atoms with E-state index < -0.39 is 21.1 Å². The van der Waals surface area contributed by atoms with Crippen LogP contribution in [0, 0.1) is 0 Å². The molecule has 0 aromatic carbocycles. The maximum Gasteiger partial charge on any atom is 0.497 e. The van der Waals surface area contributed by atoms with Gasteiger partial charge < -0.3 is 27.5 Å². The minimum absolute atomic E-state index is 0.153. The number of rotatable bonds is 14. The monoisotopic (exact) mass is 408 g/mol. The number of hydrogen-bond donors (Lipinski definition) is 0. The second-order valence-corrected chi connectivity index (χ2v) is 9.21. The Morgan fingerprint density at radius 2 is 1.56 bits per heavy atom. The van der Waals surface area contributed by atoms with Gasteiger partial charge in [0, 0.05) is 26.2 Å². The van der Waals surface area contributed by atoms with Gasteiger partial charge in [0.15, 0.2) is 6.29 Å². The Morgan fingerprint density at radius 3 is 2.00 bits per heavy atom. The third-order valence-electron chi connectivity index (χ3n) is 4.48. The van der Waals surface area contributed by atoms with Gasteiger partial charge in [0.25, 0.3) is 5.97 Å². The summed E-state index contributed by atoms with van der Waals surface area (Å²) in [7, 11) is -2.69. The molecule has 0 amide bonds. The van der Waals surface area contributed by atoms with Crippen LogP contribution in [0.2, 0.25) is 6.55 Å². The summed E-state index contributed by atoms with van der Waals surface area (Å²) in [4.78, 5) is 0. The zero-order chi connectivity index (χ0) is 20.3. The van der Waals surface area contributed by atoms with Gasteiger partial charge in [0.1, 0.15) is 0 Å². The van der Waals surface area contributed by atoms with Crippen LogP contribution in [0.5, 0.6) is 0 Å². The molecule has 7 nitrogen and oxygen atoms in total.